The molecule has 0 saturated heterocycles. The van der Waals surface area contributed by atoms with Gasteiger partial charge < -0.3 is 21.0 Å². The van der Waals surface area contributed by atoms with E-state index >= 15 is 0 Å². The first-order valence-electron chi connectivity index (χ1n) is 9.43. The third kappa shape index (κ3) is 6.95. The summed E-state index contributed by atoms with van der Waals surface area (Å²) in [6, 6.07) is 9.74. The quantitative estimate of drug-likeness (QED) is 0.280. The van der Waals surface area contributed by atoms with Crippen LogP contribution in [0.4, 0.5) is 0 Å². The summed E-state index contributed by atoms with van der Waals surface area (Å²) in [7, 11) is 0. The average Bonchev–Trinajstić information content (AvgIpc) is 2.69. The molecule has 0 spiro atoms. The number of nitrogens with one attached hydrogen (secondary N) is 2. The highest BCUT2D eigenvalue weighted by Gasteiger charge is 2.26. The molecular formula is C21H33N5O2. The Morgan fingerprint density at radius 3 is 1.75 bits per heavy atom. The van der Waals surface area contributed by atoms with Crippen LogP contribution < -0.4 is 10.6 Å². The van der Waals surface area contributed by atoms with E-state index in [4.69, 9.17) is 15.7 Å². The second-order valence-electron chi connectivity index (χ2n) is 8.26. The van der Waals surface area contributed by atoms with Crippen molar-refractivity contribution in [2.24, 2.45) is 16.2 Å². The molecule has 0 aliphatic heterocycles. The van der Waals surface area contributed by atoms with Crippen molar-refractivity contribution in [3.63, 3.8) is 0 Å². The summed E-state index contributed by atoms with van der Waals surface area (Å²) < 4.78 is 0. The highest BCUT2D eigenvalue weighted by Crippen LogP contribution is 2.14. The molecule has 0 atom stereocenters. The Hall–Kier alpha value is -2.43. The molecule has 0 amide bonds. The monoisotopic (exact) mass is 387 g/mol. The highest BCUT2D eigenvalue weighted by molar-refractivity contribution is 5.90. The summed E-state index contributed by atoms with van der Waals surface area (Å²) in [5.74, 6) is 0.226. The van der Waals surface area contributed by atoms with E-state index < -0.39 is 11.1 Å². The lowest BCUT2D eigenvalue weighted by Gasteiger charge is -2.31. The van der Waals surface area contributed by atoms with Crippen LogP contribution in [-0.4, -0.2) is 46.0 Å². The maximum atomic E-state index is 9.09. The second-order valence-corrected chi connectivity index (χ2v) is 8.26. The van der Waals surface area contributed by atoms with E-state index in [1.165, 1.54) is 0 Å². The Morgan fingerprint density at radius 1 is 0.964 bits per heavy atom. The van der Waals surface area contributed by atoms with Crippen LogP contribution in [-0.2, 0) is 6.42 Å². The lowest BCUT2D eigenvalue weighted by Crippen LogP contribution is -2.52. The first kappa shape index (κ1) is 23.6. The van der Waals surface area contributed by atoms with E-state index in [1.54, 1.807) is 13.8 Å². The zero-order chi connectivity index (χ0) is 21.4. The molecule has 0 bridgehead atoms. The molecule has 0 saturated carbocycles. The fourth-order valence-corrected chi connectivity index (χ4v) is 2.57. The predicted octanol–water partition coefficient (Wildman–Crippen LogP) is 3.15. The minimum absolute atomic E-state index is 0.226. The van der Waals surface area contributed by atoms with Gasteiger partial charge in [0, 0.05) is 13.1 Å². The zero-order valence-corrected chi connectivity index (χ0v) is 17.7. The molecule has 1 aromatic rings. The molecule has 0 unspecified atom stereocenters. The fourth-order valence-electron chi connectivity index (χ4n) is 2.57. The Morgan fingerprint density at radius 2 is 1.39 bits per heavy atom. The molecule has 1 aromatic carbocycles. The Labute approximate surface area is 168 Å². The summed E-state index contributed by atoms with van der Waals surface area (Å²) in [6.07, 6.45) is 0.808. The van der Waals surface area contributed by atoms with Crippen LogP contribution in [0.2, 0.25) is 0 Å². The van der Waals surface area contributed by atoms with Gasteiger partial charge in [-0.15, -0.1) is 0 Å². The van der Waals surface area contributed by atoms with Gasteiger partial charge in [0.2, 0.25) is 0 Å². The molecule has 0 aromatic heterocycles. The summed E-state index contributed by atoms with van der Waals surface area (Å²) in [5, 5.41) is 40.7. The van der Waals surface area contributed by atoms with Crippen LogP contribution >= 0.6 is 0 Å². The Balaban J connectivity index is 2.91. The number of benzene rings is 1. The van der Waals surface area contributed by atoms with Crippen molar-refractivity contribution < 1.29 is 10.4 Å². The van der Waals surface area contributed by atoms with E-state index in [0.717, 1.165) is 12.0 Å². The zero-order valence-electron chi connectivity index (χ0n) is 17.7. The Kier molecular flexibility index (Phi) is 8.61. The summed E-state index contributed by atoms with van der Waals surface area (Å²) in [4.78, 5) is 0. The third-order valence-corrected chi connectivity index (χ3v) is 5.38. The van der Waals surface area contributed by atoms with Crippen molar-refractivity contribution in [3.8, 4) is 6.07 Å². The molecule has 0 fully saturated rings. The van der Waals surface area contributed by atoms with Gasteiger partial charge in [0.15, 0.2) is 0 Å². The highest BCUT2D eigenvalue weighted by atomic mass is 16.4. The van der Waals surface area contributed by atoms with Crippen molar-refractivity contribution in [1.29, 1.82) is 5.26 Å². The molecule has 0 radical (unpaired) electrons. The van der Waals surface area contributed by atoms with Crippen LogP contribution in [0, 0.1) is 17.2 Å². The topological polar surface area (TPSA) is 113 Å². The van der Waals surface area contributed by atoms with Gasteiger partial charge in [-0.05, 0) is 71.6 Å². The fraction of sp³-hybridized carbons (Fsp3) is 0.571. The van der Waals surface area contributed by atoms with Crippen molar-refractivity contribution >= 4 is 11.4 Å². The third-order valence-electron chi connectivity index (χ3n) is 5.38. The minimum Gasteiger partial charge on any atom is -0.411 e. The first-order chi connectivity index (χ1) is 13.1. The SMILES string of the molecule is C/C(=N\O)C(C)(C)NCC(CNC(C)(C)/C(C)=N/O)Cc1ccc(C#N)cc1. The van der Waals surface area contributed by atoms with Crippen LogP contribution in [0.5, 0.6) is 0 Å². The number of nitrogens with zero attached hydrogens (tertiary/aromatic N) is 3. The van der Waals surface area contributed by atoms with Crippen molar-refractivity contribution in [3.05, 3.63) is 35.4 Å². The average molecular weight is 388 g/mol. The smallest absolute Gasteiger partial charge is 0.0991 e. The van der Waals surface area contributed by atoms with Gasteiger partial charge in [0.1, 0.15) is 0 Å². The molecule has 0 aliphatic rings. The molecule has 4 N–H and O–H groups in total. The number of oxime groups is 2. The molecule has 1 rings (SSSR count). The maximum absolute atomic E-state index is 9.09. The number of hydrogen-bond acceptors (Lipinski definition) is 7. The molecule has 7 heteroatoms. The second kappa shape index (κ2) is 10.2. The first-order valence-corrected chi connectivity index (χ1v) is 9.43. The Bertz CT molecular complexity index is 696. The van der Waals surface area contributed by atoms with Gasteiger partial charge in [-0.2, -0.15) is 5.26 Å². The van der Waals surface area contributed by atoms with Crippen LogP contribution in [0.15, 0.2) is 34.6 Å². The summed E-state index contributed by atoms with van der Waals surface area (Å²) in [6.45, 7) is 12.8. The van der Waals surface area contributed by atoms with Gasteiger partial charge >= 0.3 is 0 Å². The lowest BCUT2D eigenvalue weighted by molar-refractivity contribution is 0.303. The summed E-state index contributed by atoms with van der Waals surface area (Å²) in [5.41, 5.74) is 2.14. The number of rotatable bonds is 10. The van der Waals surface area contributed by atoms with Crippen molar-refractivity contribution in [2.75, 3.05) is 13.1 Å². The van der Waals surface area contributed by atoms with E-state index in [9.17, 15) is 0 Å². The van der Waals surface area contributed by atoms with Gasteiger partial charge in [-0.3, -0.25) is 0 Å². The molecule has 0 aliphatic carbocycles. The molecular weight excluding hydrogens is 354 g/mol. The molecule has 7 nitrogen and oxygen atoms in total. The van der Waals surface area contributed by atoms with Crippen molar-refractivity contribution in [1.82, 2.24) is 10.6 Å². The largest absolute Gasteiger partial charge is 0.411 e. The van der Waals surface area contributed by atoms with E-state index in [1.807, 2.05) is 52.0 Å². The van der Waals surface area contributed by atoms with Crippen LogP contribution in [0.25, 0.3) is 0 Å². The molecule has 28 heavy (non-hydrogen) atoms. The maximum Gasteiger partial charge on any atom is 0.0991 e. The molecule has 0 heterocycles. The lowest BCUT2D eigenvalue weighted by atomic mass is 9.93. The standard InChI is InChI=1S/C21H33N5O2/c1-15(25-27)20(3,4)23-13-19(14-24-21(5,6)16(2)26-28)11-17-7-9-18(12-22)10-8-17/h7-10,19,23-24,27-28H,11,13-14H2,1-6H3/b25-15+,26-16+. The number of hydrogen-bond donors (Lipinski definition) is 4. The van der Waals surface area contributed by atoms with Gasteiger partial charge in [0.25, 0.3) is 0 Å². The number of nitriles is 1. The minimum atomic E-state index is -0.435. The van der Waals surface area contributed by atoms with Crippen LogP contribution in [0.3, 0.4) is 0 Å². The van der Waals surface area contributed by atoms with Crippen molar-refractivity contribution in [2.45, 2.75) is 59.0 Å². The normalized spacial score (nSPS) is 14.6. The predicted molar refractivity (Wildman–Crippen MR) is 112 cm³/mol. The van der Waals surface area contributed by atoms with Gasteiger partial charge in [-0.1, -0.05) is 22.4 Å². The van der Waals surface area contributed by atoms with Gasteiger partial charge in [0.05, 0.1) is 34.1 Å². The van der Waals surface area contributed by atoms with Gasteiger partial charge in [-0.25, -0.2) is 0 Å². The summed E-state index contributed by atoms with van der Waals surface area (Å²) >= 11 is 0. The van der Waals surface area contributed by atoms with E-state index in [2.05, 4.69) is 27.0 Å². The van der Waals surface area contributed by atoms with E-state index in [-0.39, 0.29) is 5.92 Å². The van der Waals surface area contributed by atoms with Crippen LogP contribution in [0.1, 0.15) is 52.7 Å². The van der Waals surface area contributed by atoms with E-state index in [0.29, 0.717) is 30.1 Å². The molecule has 154 valence electrons.